The molecule has 0 saturated heterocycles. The molecule has 0 bridgehead atoms. The van der Waals surface area contributed by atoms with Gasteiger partial charge < -0.3 is 0 Å². The summed E-state index contributed by atoms with van der Waals surface area (Å²) in [6.07, 6.45) is 0. The molecule has 0 aromatic heterocycles. The van der Waals surface area contributed by atoms with E-state index in [0.29, 0.717) is 17.8 Å². The summed E-state index contributed by atoms with van der Waals surface area (Å²) in [6, 6.07) is 9.33. The lowest BCUT2D eigenvalue weighted by atomic mass is 9.83. The lowest BCUT2D eigenvalue weighted by Crippen LogP contribution is -2.02. The van der Waals surface area contributed by atoms with E-state index in [1.807, 2.05) is 0 Å². The summed E-state index contributed by atoms with van der Waals surface area (Å²) in [5.74, 6) is 1.73. The molecule has 2 aromatic carbocycles. The van der Waals surface area contributed by atoms with Crippen LogP contribution < -0.4 is 0 Å². The molecule has 20 heavy (non-hydrogen) atoms. The minimum Gasteiger partial charge on any atom is -0.0587 e. The Morgan fingerprint density at radius 2 is 1.10 bits per heavy atom. The normalized spacial score (nSPS) is 12.1. The molecular weight excluding hydrogens is 240 g/mol. The SMILES string of the molecule is Cc1ccc2c(C(C)C)c(C(C)C)ccc2c1C(C)C. The van der Waals surface area contributed by atoms with Gasteiger partial charge in [-0.3, -0.25) is 0 Å². The van der Waals surface area contributed by atoms with Crippen molar-refractivity contribution in [3.63, 3.8) is 0 Å². The van der Waals surface area contributed by atoms with Crippen LogP contribution >= 0.6 is 0 Å². The quantitative estimate of drug-likeness (QED) is 0.594. The first-order chi connectivity index (χ1) is 9.34. The van der Waals surface area contributed by atoms with Crippen molar-refractivity contribution in [1.29, 1.82) is 0 Å². The van der Waals surface area contributed by atoms with Crippen molar-refractivity contribution in [2.75, 3.05) is 0 Å². The Labute approximate surface area is 124 Å². The average molecular weight is 268 g/mol. The molecule has 0 aliphatic rings. The highest BCUT2D eigenvalue weighted by atomic mass is 14.2. The first kappa shape index (κ1) is 15.1. The maximum absolute atomic E-state index is 2.35. The van der Waals surface area contributed by atoms with Gasteiger partial charge in [0.15, 0.2) is 0 Å². The maximum atomic E-state index is 2.35. The fourth-order valence-electron chi connectivity index (χ4n) is 3.49. The van der Waals surface area contributed by atoms with Crippen molar-refractivity contribution >= 4 is 10.8 Å². The molecule has 0 nitrogen and oxygen atoms in total. The number of rotatable bonds is 3. The van der Waals surface area contributed by atoms with E-state index >= 15 is 0 Å². The van der Waals surface area contributed by atoms with Gasteiger partial charge in [0.25, 0.3) is 0 Å². The summed E-state index contributed by atoms with van der Waals surface area (Å²) in [5.41, 5.74) is 5.98. The highest BCUT2D eigenvalue weighted by molar-refractivity contribution is 5.91. The van der Waals surface area contributed by atoms with Gasteiger partial charge in [-0.1, -0.05) is 65.8 Å². The molecule has 2 rings (SSSR count). The van der Waals surface area contributed by atoms with Crippen LogP contribution in [-0.4, -0.2) is 0 Å². The maximum Gasteiger partial charge on any atom is -0.0143 e. The van der Waals surface area contributed by atoms with E-state index in [1.165, 1.54) is 27.5 Å². The topological polar surface area (TPSA) is 0 Å². The fourth-order valence-corrected chi connectivity index (χ4v) is 3.49. The Kier molecular flexibility index (Phi) is 4.22. The van der Waals surface area contributed by atoms with Gasteiger partial charge >= 0.3 is 0 Å². The van der Waals surface area contributed by atoms with E-state index in [-0.39, 0.29) is 0 Å². The number of aryl methyl sites for hydroxylation is 1. The van der Waals surface area contributed by atoms with E-state index in [1.54, 1.807) is 5.56 Å². The summed E-state index contributed by atoms with van der Waals surface area (Å²) in [6.45, 7) is 16.1. The van der Waals surface area contributed by atoms with E-state index in [9.17, 15) is 0 Å². The third kappa shape index (κ3) is 2.49. The van der Waals surface area contributed by atoms with Crippen LogP contribution in [0.4, 0.5) is 0 Å². The Morgan fingerprint density at radius 3 is 1.60 bits per heavy atom. The molecule has 0 N–H and O–H groups in total. The van der Waals surface area contributed by atoms with Crippen LogP contribution in [0.2, 0.25) is 0 Å². The Morgan fingerprint density at radius 1 is 0.600 bits per heavy atom. The van der Waals surface area contributed by atoms with Gasteiger partial charge in [0, 0.05) is 0 Å². The Bertz CT molecular complexity index is 615. The molecule has 0 heteroatoms. The van der Waals surface area contributed by atoms with Crippen molar-refractivity contribution < 1.29 is 0 Å². The van der Waals surface area contributed by atoms with Crippen molar-refractivity contribution in [2.45, 2.75) is 66.2 Å². The van der Waals surface area contributed by atoms with Gasteiger partial charge in [0.05, 0.1) is 0 Å². The smallest absolute Gasteiger partial charge is 0.0143 e. The van der Waals surface area contributed by atoms with Gasteiger partial charge in [0.2, 0.25) is 0 Å². The van der Waals surface area contributed by atoms with Crippen LogP contribution in [0.3, 0.4) is 0 Å². The average Bonchev–Trinajstić information content (AvgIpc) is 2.35. The summed E-state index contributed by atoms with van der Waals surface area (Å²) in [4.78, 5) is 0. The predicted octanol–water partition coefficient (Wildman–Crippen LogP) is 6.52. The van der Waals surface area contributed by atoms with Crippen LogP contribution in [0.1, 0.15) is 81.5 Å². The molecule has 108 valence electrons. The fraction of sp³-hybridized carbons (Fsp3) is 0.500. The lowest BCUT2D eigenvalue weighted by molar-refractivity contribution is 0.797. The molecular formula is C20H28. The zero-order chi connectivity index (χ0) is 15.0. The monoisotopic (exact) mass is 268 g/mol. The van der Waals surface area contributed by atoms with Crippen LogP contribution in [0.25, 0.3) is 10.8 Å². The first-order valence-electron chi connectivity index (χ1n) is 7.90. The molecule has 0 unspecified atom stereocenters. The van der Waals surface area contributed by atoms with Crippen molar-refractivity contribution in [1.82, 2.24) is 0 Å². The summed E-state index contributed by atoms with van der Waals surface area (Å²) >= 11 is 0. The third-order valence-electron chi connectivity index (χ3n) is 4.31. The van der Waals surface area contributed by atoms with Crippen molar-refractivity contribution in [3.05, 3.63) is 46.5 Å². The van der Waals surface area contributed by atoms with Crippen LogP contribution in [-0.2, 0) is 0 Å². The minimum absolute atomic E-state index is 0.568. The zero-order valence-electron chi connectivity index (χ0n) is 14.0. The Hall–Kier alpha value is -1.30. The zero-order valence-corrected chi connectivity index (χ0v) is 14.0. The number of hydrogen-bond donors (Lipinski definition) is 0. The second kappa shape index (κ2) is 5.60. The van der Waals surface area contributed by atoms with E-state index in [4.69, 9.17) is 0 Å². The predicted molar refractivity (Wildman–Crippen MR) is 91.0 cm³/mol. The summed E-state index contributed by atoms with van der Waals surface area (Å²) in [5, 5.41) is 2.91. The van der Waals surface area contributed by atoms with Gasteiger partial charge in [-0.05, 0) is 57.7 Å². The molecule has 0 fully saturated rings. The van der Waals surface area contributed by atoms with Crippen molar-refractivity contribution in [2.24, 2.45) is 0 Å². The van der Waals surface area contributed by atoms with Crippen LogP contribution in [0.15, 0.2) is 24.3 Å². The van der Waals surface area contributed by atoms with E-state index in [2.05, 4.69) is 72.7 Å². The largest absolute Gasteiger partial charge is 0.0587 e. The van der Waals surface area contributed by atoms with Crippen LogP contribution in [0, 0.1) is 6.92 Å². The minimum atomic E-state index is 0.568. The third-order valence-corrected chi connectivity index (χ3v) is 4.31. The second-order valence-corrected chi connectivity index (χ2v) is 6.92. The van der Waals surface area contributed by atoms with E-state index in [0.717, 1.165) is 0 Å². The number of benzene rings is 2. The van der Waals surface area contributed by atoms with Gasteiger partial charge in [-0.15, -0.1) is 0 Å². The van der Waals surface area contributed by atoms with Crippen molar-refractivity contribution in [3.8, 4) is 0 Å². The highest BCUT2D eigenvalue weighted by Crippen LogP contribution is 2.37. The van der Waals surface area contributed by atoms with Crippen LogP contribution in [0.5, 0.6) is 0 Å². The molecule has 0 amide bonds. The molecule has 0 heterocycles. The molecule has 0 atom stereocenters. The highest BCUT2D eigenvalue weighted by Gasteiger charge is 2.17. The number of fused-ring (bicyclic) bond motifs is 1. The molecule has 0 aliphatic heterocycles. The molecule has 0 spiro atoms. The Balaban J connectivity index is 2.89. The summed E-state index contributed by atoms with van der Waals surface area (Å²) < 4.78 is 0. The first-order valence-corrected chi connectivity index (χ1v) is 7.90. The standard InChI is InChI=1S/C20H28/c1-12(2)16-10-11-17-18(20(16)14(5)6)9-8-15(7)19(17)13(3)4/h8-14H,1-7H3. The van der Waals surface area contributed by atoms with Gasteiger partial charge in [-0.2, -0.15) is 0 Å². The summed E-state index contributed by atoms with van der Waals surface area (Å²) in [7, 11) is 0. The van der Waals surface area contributed by atoms with Gasteiger partial charge in [0.1, 0.15) is 0 Å². The number of hydrogen-bond acceptors (Lipinski definition) is 0. The molecule has 0 saturated carbocycles. The second-order valence-electron chi connectivity index (χ2n) is 6.92. The molecule has 0 aliphatic carbocycles. The van der Waals surface area contributed by atoms with E-state index < -0.39 is 0 Å². The molecule has 0 radical (unpaired) electrons. The molecule has 2 aromatic rings. The lowest BCUT2D eigenvalue weighted by Gasteiger charge is -2.22. The van der Waals surface area contributed by atoms with Gasteiger partial charge in [-0.25, -0.2) is 0 Å².